The summed E-state index contributed by atoms with van der Waals surface area (Å²) in [7, 11) is 0. The fourth-order valence-electron chi connectivity index (χ4n) is 2.53. The Labute approximate surface area is 92.9 Å². The molecule has 0 aliphatic carbocycles. The first-order chi connectivity index (χ1) is 7.29. The molecule has 1 N–H and O–H groups in total. The normalized spacial score (nSPS) is 21.9. The van der Waals surface area contributed by atoms with Crippen molar-refractivity contribution in [2.75, 3.05) is 13.1 Å². The number of piperidine rings is 1. The lowest BCUT2D eigenvalue weighted by atomic mass is 9.85. The SMILES string of the molecule is CC(C)c1ccccc1C1CCCNC1. The Kier molecular flexibility index (Phi) is 3.42. The van der Waals surface area contributed by atoms with Gasteiger partial charge in [0, 0.05) is 6.54 Å². The summed E-state index contributed by atoms with van der Waals surface area (Å²) >= 11 is 0. The lowest BCUT2D eigenvalue weighted by Gasteiger charge is -2.26. The Morgan fingerprint density at radius 3 is 2.73 bits per heavy atom. The molecule has 1 unspecified atom stereocenters. The van der Waals surface area contributed by atoms with E-state index in [0.717, 1.165) is 12.5 Å². The van der Waals surface area contributed by atoms with Gasteiger partial charge >= 0.3 is 0 Å². The van der Waals surface area contributed by atoms with Gasteiger partial charge in [-0.3, -0.25) is 0 Å². The minimum Gasteiger partial charge on any atom is -0.316 e. The van der Waals surface area contributed by atoms with Crippen molar-refractivity contribution in [1.82, 2.24) is 5.32 Å². The molecule has 82 valence electrons. The second-order valence-corrected chi connectivity index (χ2v) is 4.83. The molecule has 15 heavy (non-hydrogen) atoms. The van der Waals surface area contributed by atoms with Crippen LogP contribution >= 0.6 is 0 Å². The smallest absolute Gasteiger partial charge is 0.00202 e. The van der Waals surface area contributed by atoms with Gasteiger partial charge in [-0.25, -0.2) is 0 Å². The molecule has 2 rings (SSSR count). The zero-order chi connectivity index (χ0) is 10.7. The Hall–Kier alpha value is -0.820. The zero-order valence-corrected chi connectivity index (χ0v) is 9.79. The fourth-order valence-corrected chi connectivity index (χ4v) is 2.53. The Balaban J connectivity index is 2.25. The van der Waals surface area contributed by atoms with Gasteiger partial charge in [0.25, 0.3) is 0 Å². The first-order valence-electron chi connectivity index (χ1n) is 6.08. The summed E-state index contributed by atoms with van der Waals surface area (Å²) in [6.45, 7) is 6.92. The summed E-state index contributed by atoms with van der Waals surface area (Å²) in [5.74, 6) is 1.38. The second kappa shape index (κ2) is 4.80. The first-order valence-corrected chi connectivity index (χ1v) is 6.08. The molecule has 0 spiro atoms. The van der Waals surface area contributed by atoms with Crippen molar-refractivity contribution >= 4 is 0 Å². The van der Waals surface area contributed by atoms with Gasteiger partial charge in [-0.15, -0.1) is 0 Å². The van der Waals surface area contributed by atoms with Crippen molar-refractivity contribution < 1.29 is 0 Å². The van der Waals surface area contributed by atoms with Crippen LogP contribution < -0.4 is 5.32 Å². The highest BCUT2D eigenvalue weighted by Crippen LogP contribution is 2.29. The van der Waals surface area contributed by atoms with Gasteiger partial charge in [0.15, 0.2) is 0 Å². The first kappa shape index (κ1) is 10.7. The van der Waals surface area contributed by atoms with Crippen LogP contribution in [0.2, 0.25) is 0 Å². The molecule has 1 aliphatic heterocycles. The van der Waals surface area contributed by atoms with Gasteiger partial charge in [-0.2, -0.15) is 0 Å². The van der Waals surface area contributed by atoms with Gasteiger partial charge in [0.05, 0.1) is 0 Å². The molecule has 1 saturated heterocycles. The van der Waals surface area contributed by atoms with E-state index in [1.165, 1.54) is 24.9 Å². The maximum absolute atomic E-state index is 3.50. The number of hydrogen-bond donors (Lipinski definition) is 1. The highest BCUT2D eigenvalue weighted by atomic mass is 14.9. The highest BCUT2D eigenvalue weighted by molar-refractivity contribution is 5.33. The molecule has 0 bridgehead atoms. The fraction of sp³-hybridized carbons (Fsp3) is 0.571. The Bertz CT molecular complexity index is 311. The molecule has 1 aromatic rings. The molecule has 1 aliphatic rings. The van der Waals surface area contributed by atoms with Crippen LogP contribution in [0.1, 0.15) is 49.7 Å². The van der Waals surface area contributed by atoms with Crippen LogP contribution in [0.5, 0.6) is 0 Å². The molecule has 1 heteroatoms. The van der Waals surface area contributed by atoms with Crippen LogP contribution in [-0.4, -0.2) is 13.1 Å². The topological polar surface area (TPSA) is 12.0 Å². The molecular weight excluding hydrogens is 182 g/mol. The Morgan fingerprint density at radius 2 is 2.07 bits per heavy atom. The van der Waals surface area contributed by atoms with Crippen LogP contribution in [0.25, 0.3) is 0 Å². The lowest BCUT2D eigenvalue weighted by molar-refractivity contribution is 0.458. The summed E-state index contributed by atoms with van der Waals surface area (Å²) in [6.07, 6.45) is 2.66. The predicted octanol–water partition coefficient (Wildman–Crippen LogP) is 3.28. The molecule has 0 saturated carbocycles. The van der Waals surface area contributed by atoms with Crippen molar-refractivity contribution in [3.8, 4) is 0 Å². The molecule has 1 aromatic carbocycles. The van der Waals surface area contributed by atoms with Crippen molar-refractivity contribution in [3.63, 3.8) is 0 Å². The van der Waals surface area contributed by atoms with Crippen LogP contribution in [0.3, 0.4) is 0 Å². The van der Waals surface area contributed by atoms with Gasteiger partial charge in [-0.05, 0) is 42.3 Å². The molecule has 1 nitrogen and oxygen atoms in total. The molecule has 1 heterocycles. The van der Waals surface area contributed by atoms with E-state index in [-0.39, 0.29) is 0 Å². The van der Waals surface area contributed by atoms with E-state index in [2.05, 4.69) is 43.4 Å². The third kappa shape index (κ3) is 2.40. The number of rotatable bonds is 2. The predicted molar refractivity (Wildman–Crippen MR) is 65.4 cm³/mol. The van der Waals surface area contributed by atoms with E-state index in [4.69, 9.17) is 0 Å². The second-order valence-electron chi connectivity index (χ2n) is 4.83. The number of hydrogen-bond acceptors (Lipinski definition) is 1. The number of nitrogens with one attached hydrogen (secondary N) is 1. The van der Waals surface area contributed by atoms with E-state index >= 15 is 0 Å². The van der Waals surface area contributed by atoms with E-state index in [1.807, 2.05) is 0 Å². The zero-order valence-electron chi connectivity index (χ0n) is 9.79. The largest absolute Gasteiger partial charge is 0.316 e. The van der Waals surface area contributed by atoms with Crippen LogP contribution in [-0.2, 0) is 0 Å². The van der Waals surface area contributed by atoms with Crippen molar-refractivity contribution in [2.24, 2.45) is 0 Å². The van der Waals surface area contributed by atoms with Gasteiger partial charge in [-0.1, -0.05) is 38.1 Å². The van der Waals surface area contributed by atoms with Crippen LogP contribution in [0.15, 0.2) is 24.3 Å². The van der Waals surface area contributed by atoms with Crippen LogP contribution in [0.4, 0.5) is 0 Å². The van der Waals surface area contributed by atoms with E-state index < -0.39 is 0 Å². The van der Waals surface area contributed by atoms with E-state index in [1.54, 1.807) is 5.56 Å². The van der Waals surface area contributed by atoms with Crippen LogP contribution in [0, 0.1) is 0 Å². The van der Waals surface area contributed by atoms with Crippen molar-refractivity contribution in [3.05, 3.63) is 35.4 Å². The number of benzene rings is 1. The summed E-state index contributed by atoms with van der Waals surface area (Å²) in [4.78, 5) is 0. The van der Waals surface area contributed by atoms with Gasteiger partial charge in [0.1, 0.15) is 0 Å². The van der Waals surface area contributed by atoms with E-state index in [0.29, 0.717) is 5.92 Å². The van der Waals surface area contributed by atoms with Crippen molar-refractivity contribution in [2.45, 2.75) is 38.5 Å². The van der Waals surface area contributed by atoms with E-state index in [9.17, 15) is 0 Å². The molecule has 1 fully saturated rings. The molecule has 0 amide bonds. The molecule has 0 aromatic heterocycles. The van der Waals surface area contributed by atoms with Crippen molar-refractivity contribution in [1.29, 1.82) is 0 Å². The summed E-state index contributed by atoms with van der Waals surface area (Å²) in [6, 6.07) is 8.94. The molecule has 1 atom stereocenters. The third-order valence-electron chi connectivity index (χ3n) is 3.35. The summed E-state index contributed by atoms with van der Waals surface area (Å²) in [5.41, 5.74) is 3.10. The Morgan fingerprint density at radius 1 is 1.27 bits per heavy atom. The average Bonchev–Trinajstić information content (AvgIpc) is 2.30. The highest BCUT2D eigenvalue weighted by Gasteiger charge is 2.18. The summed E-state index contributed by atoms with van der Waals surface area (Å²) < 4.78 is 0. The summed E-state index contributed by atoms with van der Waals surface area (Å²) in [5, 5.41) is 3.50. The maximum Gasteiger partial charge on any atom is 0.00202 e. The minimum absolute atomic E-state index is 0.642. The standard InChI is InChI=1S/C14H21N/c1-11(2)13-7-3-4-8-14(13)12-6-5-9-15-10-12/h3-4,7-8,11-12,15H,5-6,9-10H2,1-2H3. The lowest BCUT2D eigenvalue weighted by Crippen LogP contribution is -2.28. The van der Waals surface area contributed by atoms with Gasteiger partial charge in [0.2, 0.25) is 0 Å². The average molecular weight is 203 g/mol. The third-order valence-corrected chi connectivity index (χ3v) is 3.35. The quantitative estimate of drug-likeness (QED) is 0.778. The maximum atomic E-state index is 3.50. The molecule has 0 radical (unpaired) electrons. The minimum atomic E-state index is 0.642. The van der Waals surface area contributed by atoms with Gasteiger partial charge < -0.3 is 5.32 Å². The monoisotopic (exact) mass is 203 g/mol. The molecular formula is C14H21N.